The molecule has 23 heavy (non-hydrogen) atoms. The molecule has 0 saturated heterocycles. The molecule has 1 unspecified atom stereocenters. The summed E-state index contributed by atoms with van der Waals surface area (Å²) < 4.78 is 0. The summed E-state index contributed by atoms with van der Waals surface area (Å²) in [7, 11) is 0. The molecule has 0 bridgehead atoms. The molecule has 0 aromatic heterocycles. The van der Waals surface area contributed by atoms with Gasteiger partial charge in [-0.2, -0.15) is 5.26 Å². The predicted molar refractivity (Wildman–Crippen MR) is 90.3 cm³/mol. The summed E-state index contributed by atoms with van der Waals surface area (Å²) in [6.45, 7) is 4.61. The Hall–Kier alpha value is -2.31. The van der Waals surface area contributed by atoms with E-state index in [0.717, 1.165) is 5.56 Å². The van der Waals surface area contributed by atoms with Crippen LogP contribution in [0.15, 0.2) is 48.5 Å². The highest BCUT2D eigenvalue weighted by molar-refractivity contribution is 6.34. The van der Waals surface area contributed by atoms with Gasteiger partial charge in [-0.15, -0.1) is 0 Å². The van der Waals surface area contributed by atoms with Gasteiger partial charge in [0.25, 0.3) is 5.91 Å². The lowest BCUT2D eigenvalue weighted by molar-refractivity contribution is 0.0722. The summed E-state index contributed by atoms with van der Waals surface area (Å²) in [4.78, 5) is 14.4. The molecule has 0 N–H and O–H groups in total. The SMILES string of the molecule is CC(C)(CN1C(=O)c2c(Cl)cccc2C1C#N)c1ccccc1. The smallest absolute Gasteiger partial charge is 0.257 e. The molecule has 3 nitrogen and oxygen atoms in total. The average molecular weight is 325 g/mol. The van der Waals surface area contributed by atoms with E-state index in [0.29, 0.717) is 22.7 Å². The van der Waals surface area contributed by atoms with Gasteiger partial charge in [-0.3, -0.25) is 4.79 Å². The molecule has 2 aromatic rings. The summed E-state index contributed by atoms with van der Waals surface area (Å²) in [5.74, 6) is -0.166. The fraction of sp³-hybridized carbons (Fsp3) is 0.263. The monoisotopic (exact) mass is 324 g/mol. The van der Waals surface area contributed by atoms with Crippen LogP contribution in [0.5, 0.6) is 0 Å². The van der Waals surface area contributed by atoms with Crippen LogP contribution >= 0.6 is 11.6 Å². The van der Waals surface area contributed by atoms with Gasteiger partial charge in [-0.1, -0.05) is 67.9 Å². The van der Waals surface area contributed by atoms with Crippen molar-refractivity contribution >= 4 is 17.5 Å². The summed E-state index contributed by atoms with van der Waals surface area (Å²) in [5.41, 5.74) is 2.03. The third kappa shape index (κ3) is 2.60. The number of benzene rings is 2. The lowest BCUT2D eigenvalue weighted by atomic mass is 9.84. The molecule has 4 heteroatoms. The van der Waals surface area contributed by atoms with E-state index in [1.807, 2.05) is 36.4 Å². The van der Waals surface area contributed by atoms with Gasteiger partial charge in [0.05, 0.1) is 16.7 Å². The topological polar surface area (TPSA) is 44.1 Å². The zero-order valence-electron chi connectivity index (χ0n) is 13.1. The fourth-order valence-electron chi connectivity index (χ4n) is 3.13. The van der Waals surface area contributed by atoms with E-state index in [1.165, 1.54) is 0 Å². The number of nitrogens with zero attached hydrogens (tertiary/aromatic N) is 2. The zero-order chi connectivity index (χ0) is 16.6. The second kappa shape index (κ2) is 5.72. The highest BCUT2D eigenvalue weighted by Crippen LogP contribution is 2.39. The number of halogens is 1. The first-order valence-corrected chi connectivity index (χ1v) is 7.88. The quantitative estimate of drug-likeness (QED) is 0.843. The van der Waals surface area contributed by atoms with Crippen LogP contribution in [-0.2, 0) is 5.41 Å². The first kappa shape index (κ1) is 15.6. The van der Waals surface area contributed by atoms with Gasteiger partial charge in [0.15, 0.2) is 0 Å². The number of rotatable bonds is 3. The number of hydrogen-bond acceptors (Lipinski definition) is 2. The molecule has 116 valence electrons. The van der Waals surface area contributed by atoms with Crippen molar-refractivity contribution in [3.05, 3.63) is 70.2 Å². The van der Waals surface area contributed by atoms with Gasteiger partial charge in [0, 0.05) is 17.5 Å². The van der Waals surface area contributed by atoms with Crippen molar-refractivity contribution in [2.75, 3.05) is 6.54 Å². The predicted octanol–water partition coefficient (Wildman–Crippen LogP) is 4.34. The standard InChI is InChI=1S/C19H17ClN2O/c1-19(2,13-7-4-3-5-8-13)12-22-16(11-21)14-9-6-10-15(20)17(14)18(22)23/h3-10,16H,12H2,1-2H3. The Balaban J connectivity index is 1.97. The maximum atomic E-state index is 12.8. The number of fused-ring (bicyclic) bond motifs is 1. The molecule has 0 aliphatic carbocycles. The first-order chi connectivity index (χ1) is 11.0. The molecular formula is C19H17ClN2O. The van der Waals surface area contributed by atoms with E-state index in [2.05, 4.69) is 19.9 Å². The van der Waals surface area contributed by atoms with Gasteiger partial charge in [0.2, 0.25) is 0 Å². The van der Waals surface area contributed by atoms with Crippen molar-refractivity contribution < 1.29 is 4.79 Å². The number of nitriles is 1. The van der Waals surface area contributed by atoms with Crippen molar-refractivity contribution in [3.63, 3.8) is 0 Å². The van der Waals surface area contributed by atoms with Gasteiger partial charge in [-0.25, -0.2) is 0 Å². The maximum Gasteiger partial charge on any atom is 0.257 e. The van der Waals surface area contributed by atoms with E-state index in [1.54, 1.807) is 17.0 Å². The molecule has 1 heterocycles. The number of carbonyl (C=O) groups is 1. The van der Waals surface area contributed by atoms with Crippen LogP contribution in [-0.4, -0.2) is 17.4 Å². The van der Waals surface area contributed by atoms with Crippen LogP contribution in [0, 0.1) is 11.3 Å². The molecule has 1 aliphatic heterocycles. The summed E-state index contributed by atoms with van der Waals surface area (Å²) in [5, 5.41) is 9.98. The summed E-state index contributed by atoms with van der Waals surface area (Å²) in [6, 6.07) is 17.0. The Morgan fingerprint density at radius 2 is 1.87 bits per heavy atom. The van der Waals surface area contributed by atoms with Gasteiger partial charge in [-0.05, 0) is 11.6 Å². The molecule has 1 amide bonds. The molecule has 3 rings (SSSR count). The highest BCUT2D eigenvalue weighted by atomic mass is 35.5. The molecular weight excluding hydrogens is 308 g/mol. The minimum Gasteiger partial charge on any atom is -0.318 e. The molecule has 0 fully saturated rings. The lowest BCUT2D eigenvalue weighted by Gasteiger charge is -2.32. The highest BCUT2D eigenvalue weighted by Gasteiger charge is 2.41. The fourth-order valence-corrected chi connectivity index (χ4v) is 3.39. The third-order valence-corrected chi connectivity index (χ3v) is 4.68. The molecule has 0 spiro atoms. The van der Waals surface area contributed by atoms with Gasteiger partial charge < -0.3 is 4.90 Å². The normalized spacial score (nSPS) is 17.0. The van der Waals surface area contributed by atoms with Crippen LogP contribution in [0.4, 0.5) is 0 Å². The van der Waals surface area contributed by atoms with E-state index in [4.69, 9.17) is 11.6 Å². The largest absolute Gasteiger partial charge is 0.318 e. The second-order valence-electron chi connectivity index (χ2n) is 6.42. The summed E-state index contributed by atoms with van der Waals surface area (Å²) in [6.07, 6.45) is 0. The van der Waals surface area contributed by atoms with Crippen molar-refractivity contribution in [1.82, 2.24) is 4.90 Å². The van der Waals surface area contributed by atoms with Crippen LogP contribution in [0.1, 0.15) is 41.4 Å². The van der Waals surface area contributed by atoms with Crippen LogP contribution < -0.4 is 0 Å². The Kier molecular flexibility index (Phi) is 3.87. The minimum absolute atomic E-state index is 0.166. The summed E-state index contributed by atoms with van der Waals surface area (Å²) >= 11 is 6.18. The van der Waals surface area contributed by atoms with Crippen molar-refractivity contribution in [2.45, 2.75) is 25.3 Å². The molecule has 0 radical (unpaired) electrons. The Morgan fingerprint density at radius 1 is 1.17 bits per heavy atom. The van der Waals surface area contributed by atoms with Gasteiger partial charge >= 0.3 is 0 Å². The van der Waals surface area contributed by atoms with Crippen molar-refractivity contribution in [1.29, 1.82) is 5.26 Å². The number of carbonyl (C=O) groups excluding carboxylic acids is 1. The van der Waals surface area contributed by atoms with E-state index in [9.17, 15) is 10.1 Å². The number of hydrogen-bond donors (Lipinski definition) is 0. The van der Waals surface area contributed by atoms with Crippen molar-refractivity contribution in [3.8, 4) is 6.07 Å². The Bertz CT molecular complexity index is 793. The first-order valence-electron chi connectivity index (χ1n) is 7.50. The lowest BCUT2D eigenvalue weighted by Crippen LogP contribution is -2.39. The molecule has 2 aromatic carbocycles. The minimum atomic E-state index is -0.584. The average Bonchev–Trinajstić information content (AvgIpc) is 2.81. The van der Waals surface area contributed by atoms with Crippen LogP contribution in [0.2, 0.25) is 5.02 Å². The van der Waals surface area contributed by atoms with Gasteiger partial charge in [0.1, 0.15) is 6.04 Å². The van der Waals surface area contributed by atoms with E-state index >= 15 is 0 Å². The van der Waals surface area contributed by atoms with E-state index in [-0.39, 0.29) is 11.3 Å². The Morgan fingerprint density at radius 3 is 2.52 bits per heavy atom. The second-order valence-corrected chi connectivity index (χ2v) is 6.83. The zero-order valence-corrected chi connectivity index (χ0v) is 13.8. The van der Waals surface area contributed by atoms with Crippen molar-refractivity contribution in [2.24, 2.45) is 0 Å². The molecule has 0 saturated carbocycles. The van der Waals surface area contributed by atoms with Crippen LogP contribution in [0.3, 0.4) is 0 Å². The third-order valence-electron chi connectivity index (χ3n) is 4.37. The Labute approximate surface area is 141 Å². The molecule has 1 aliphatic rings. The van der Waals surface area contributed by atoms with Crippen LogP contribution in [0.25, 0.3) is 0 Å². The van der Waals surface area contributed by atoms with E-state index < -0.39 is 6.04 Å². The number of amides is 1. The molecule has 1 atom stereocenters. The maximum absolute atomic E-state index is 12.8.